The zero-order chi connectivity index (χ0) is 18.5. The highest BCUT2D eigenvalue weighted by molar-refractivity contribution is 7.99. The van der Waals surface area contributed by atoms with Crippen molar-refractivity contribution in [2.75, 3.05) is 5.75 Å². The van der Waals surface area contributed by atoms with Gasteiger partial charge in [0.2, 0.25) is 5.91 Å². The molecule has 1 amide bonds. The zero-order valence-electron chi connectivity index (χ0n) is 15.2. The van der Waals surface area contributed by atoms with E-state index in [1.54, 1.807) is 0 Å². The molecule has 1 aromatic carbocycles. The molecule has 26 heavy (non-hydrogen) atoms. The molecule has 1 aromatic heterocycles. The quantitative estimate of drug-likeness (QED) is 0.740. The molecule has 5 nitrogen and oxygen atoms in total. The molecule has 1 N–H and O–H groups in total. The maximum absolute atomic E-state index is 12.4. The van der Waals surface area contributed by atoms with Crippen LogP contribution in [0.4, 0.5) is 0 Å². The van der Waals surface area contributed by atoms with Gasteiger partial charge in [0.05, 0.1) is 10.8 Å². The average Bonchev–Trinajstić information content (AvgIpc) is 3.05. The zero-order valence-corrected chi connectivity index (χ0v) is 16.8. The molecule has 0 radical (unpaired) electrons. The van der Waals surface area contributed by atoms with Crippen molar-refractivity contribution in [3.8, 4) is 11.4 Å². The van der Waals surface area contributed by atoms with Crippen LogP contribution in [0, 0.1) is 5.92 Å². The van der Waals surface area contributed by atoms with Crippen molar-refractivity contribution in [2.45, 2.75) is 57.3 Å². The summed E-state index contributed by atoms with van der Waals surface area (Å²) in [7, 11) is 0. The van der Waals surface area contributed by atoms with E-state index in [-0.39, 0.29) is 5.91 Å². The number of nitrogens with zero attached hydrogens (tertiary/aromatic N) is 3. The molecule has 1 aliphatic carbocycles. The van der Waals surface area contributed by atoms with Crippen molar-refractivity contribution in [2.24, 2.45) is 5.92 Å². The number of benzene rings is 1. The third kappa shape index (κ3) is 4.41. The first kappa shape index (κ1) is 19.2. The van der Waals surface area contributed by atoms with Crippen molar-refractivity contribution in [1.82, 2.24) is 20.1 Å². The second kappa shape index (κ2) is 8.91. The molecule has 1 saturated carbocycles. The maximum atomic E-state index is 12.4. The molecule has 7 heteroatoms. The number of aromatic nitrogens is 3. The summed E-state index contributed by atoms with van der Waals surface area (Å²) >= 11 is 7.72. The van der Waals surface area contributed by atoms with Crippen LogP contribution in [0.5, 0.6) is 0 Å². The van der Waals surface area contributed by atoms with Gasteiger partial charge in [-0.3, -0.25) is 4.79 Å². The van der Waals surface area contributed by atoms with Gasteiger partial charge < -0.3 is 9.88 Å². The van der Waals surface area contributed by atoms with Gasteiger partial charge in [0.15, 0.2) is 11.0 Å². The minimum atomic E-state index is 0.0682. The van der Waals surface area contributed by atoms with E-state index >= 15 is 0 Å². The van der Waals surface area contributed by atoms with Gasteiger partial charge in [-0.2, -0.15) is 0 Å². The van der Waals surface area contributed by atoms with Gasteiger partial charge in [0.1, 0.15) is 0 Å². The van der Waals surface area contributed by atoms with E-state index in [1.807, 2.05) is 35.8 Å². The van der Waals surface area contributed by atoms with Crippen LogP contribution in [0.3, 0.4) is 0 Å². The lowest BCUT2D eigenvalue weighted by Gasteiger charge is -2.29. The molecule has 2 aromatic rings. The summed E-state index contributed by atoms with van der Waals surface area (Å²) in [6.07, 6.45) is 4.75. The number of carbonyl (C=O) groups is 1. The van der Waals surface area contributed by atoms with E-state index in [0.29, 0.717) is 22.7 Å². The van der Waals surface area contributed by atoms with Crippen LogP contribution < -0.4 is 5.32 Å². The Morgan fingerprint density at radius 3 is 2.81 bits per heavy atom. The average molecular weight is 393 g/mol. The van der Waals surface area contributed by atoms with Gasteiger partial charge >= 0.3 is 0 Å². The topological polar surface area (TPSA) is 59.8 Å². The highest BCUT2D eigenvalue weighted by Gasteiger charge is 2.23. The Bertz CT molecular complexity index is 764. The Kier molecular flexibility index (Phi) is 6.59. The molecule has 0 unspecified atom stereocenters. The summed E-state index contributed by atoms with van der Waals surface area (Å²) in [5.74, 6) is 1.72. The largest absolute Gasteiger partial charge is 0.352 e. The summed E-state index contributed by atoms with van der Waals surface area (Å²) < 4.78 is 2.00. The molecule has 1 heterocycles. The lowest BCUT2D eigenvalue weighted by molar-refractivity contribution is -0.119. The standard InChI is InChI=1S/C19H25ClN4OS/c1-3-24-18(14-9-5-6-10-15(14)20)22-23-19(24)26-12-17(25)21-16-11-7-4-8-13(16)2/h5-6,9-10,13,16H,3-4,7-8,11-12H2,1-2H3,(H,21,25)/t13-,16+/m0/s1. The lowest BCUT2D eigenvalue weighted by atomic mass is 9.86. The van der Waals surface area contributed by atoms with E-state index in [2.05, 4.69) is 22.4 Å². The Morgan fingerprint density at radius 1 is 1.31 bits per heavy atom. The van der Waals surface area contributed by atoms with Crippen LogP contribution in [0.25, 0.3) is 11.4 Å². The predicted molar refractivity (Wildman–Crippen MR) is 106 cm³/mol. The fraction of sp³-hybridized carbons (Fsp3) is 0.526. The summed E-state index contributed by atoms with van der Waals surface area (Å²) in [4.78, 5) is 12.4. The highest BCUT2D eigenvalue weighted by atomic mass is 35.5. The van der Waals surface area contributed by atoms with Gasteiger partial charge in [0.25, 0.3) is 0 Å². The number of carbonyl (C=O) groups excluding carboxylic acids is 1. The van der Waals surface area contributed by atoms with Crippen LogP contribution in [-0.4, -0.2) is 32.5 Å². The first-order chi connectivity index (χ1) is 12.6. The number of rotatable bonds is 6. The number of amides is 1. The molecule has 0 bridgehead atoms. The first-order valence-electron chi connectivity index (χ1n) is 9.20. The minimum Gasteiger partial charge on any atom is -0.352 e. The van der Waals surface area contributed by atoms with Crippen LogP contribution in [0.15, 0.2) is 29.4 Å². The molecule has 0 saturated heterocycles. The van der Waals surface area contributed by atoms with Crippen LogP contribution >= 0.6 is 23.4 Å². The summed E-state index contributed by atoms with van der Waals surface area (Å²) in [6, 6.07) is 7.91. The highest BCUT2D eigenvalue weighted by Crippen LogP contribution is 2.29. The molecule has 140 valence electrons. The molecular weight excluding hydrogens is 368 g/mol. The van der Waals surface area contributed by atoms with E-state index in [0.717, 1.165) is 29.5 Å². The number of thioether (sulfide) groups is 1. The van der Waals surface area contributed by atoms with Gasteiger partial charge in [-0.05, 0) is 37.8 Å². The molecule has 0 aliphatic heterocycles. The Morgan fingerprint density at radius 2 is 2.08 bits per heavy atom. The van der Waals surface area contributed by atoms with Crippen LogP contribution in [0.1, 0.15) is 39.5 Å². The van der Waals surface area contributed by atoms with Gasteiger partial charge in [-0.15, -0.1) is 10.2 Å². The minimum absolute atomic E-state index is 0.0682. The van der Waals surface area contributed by atoms with E-state index in [9.17, 15) is 4.79 Å². The number of hydrogen-bond acceptors (Lipinski definition) is 4. The van der Waals surface area contributed by atoms with Gasteiger partial charge in [-0.25, -0.2) is 0 Å². The van der Waals surface area contributed by atoms with E-state index in [4.69, 9.17) is 11.6 Å². The third-order valence-electron chi connectivity index (χ3n) is 4.94. The van der Waals surface area contributed by atoms with Crippen molar-refractivity contribution >= 4 is 29.3 Å². The van der Waals surface area contributed by atoms with E-state index < -0.39 is 0 Å². The van der Waals surface area contributed by atoms with E-state index in [1.165, 1.54) is 31.0 Å². The molecular formula is C19H25ClN4OS. The normalized spacial score (nSPS) is 20.1. The summed E-state index contributed by atoms with van der Waals surface area (Å²) in [5, 5.41) is 13.2. The molecule has 3 rings (SSSR count). The third-order valence-corrected chi connectivity index (χ3v) is 6.23. The monoisotopic (exact) mass is 392 g/mol. The second-order valence-corrected chi connectivity index (χ2v) is 8.10. The molecule has 0 spiro atoms. The van der Waals surface area contributed by atoms with Crippen LogP contribution in [0.2, 0.25) is 5.02 Å². The second-order valence-electron chi connectivity index (χ2n) is 6.75. The Balaban J connectivity index is 1.65. The van der Waals surface area contributed by atoms with Gasteiger partial charge in [-0.1, -0.05) is 55.3 Å². The predicted octanol–water partition coefficient (Wildman–Crippen LogP) is 4.41. The summed E-state index contributed by atoms with van der Waals surface area (Å²) in [6.45, 7) is 4.98. The summed E-state index contributed by atoms with van der Waals surface area (Å²) in [5.41, 5.74) is 0.857. The fourth-order valence-electron chi connectivity index (χ4n) is 3.43. The number of nitrogens with one attached hydrogen (secondary N) is 1. The number of hydrogen-bond donors (Lipinski definition) is 1. The molecule has 1 fully saturated rings. The SMILES string of the molecule is CCn1c(SCC(=O)N[C@@H]2CCCC[C@@H]2C)nnc1-c1ccccc1Cl. The van der Waals surface area contributed by atoms with Crippen molar-refractivity contribution in [3.05, 3.63) is 29.3 Å². The maximum Gasteiger partial charge on any atom is 0.230 e. The van der Waals surface area contributed by atoms with Gasteiger partial charge in [0, 0.05) is 18.2 Å². The number of halogens is 1. The molecule has 2 atom stereocenters. The Hall–Kier alpha value is -1.53. The van der Waals surface area contributed by atoms with Crippen molar-refractivity contribution in [3.63, 3.8) is 0 Å². The Labute approximate surface area is 163 Å². The smallest absolute Gasteiger partial charge is 0.230 e. The lowest BCUT2D eigenvalue weighted by Crippen LogP contribution is -2.41. The fourth-order valence-corrected chi connectivity index (χ4v) is 4.47. The van der Waals surface area contributed by atoms with Crippen LogP contribution in [-0.2, 0) is 11.3 Å². The van der Waals surface area contributed by atoms with Crippen molar-refractivity contribution in [1.29, 1.82) is 0 Å². The first-order valence-corrected chi connectivity index (χ1v) is 10.6. The van der Waals surface area contributed by atoms with Crippen molar-refractivity contribution < 1.29 is 4.79 Å². The molecule has 1 aliphatic rings.